The summed E-state index contributed by atoms with van der Waals surface area (Å²) in [5.74, 6) is 0.642. The van der Waals surface area contributed by atoms with Crippen molar-refractivity contribution < 1.29 is 23.4 Å². The van der Waals surface area contributed by atoms with Crippen LogP contribution in [0.2, 0.25) is 0 Å². The smallest absolute Gasteiger partial charge is 0.334 e. The minimum atomic E-state index is -2.87. The highest BCUT2D eigenvalue weighted by Crippen LogP contribution is 2.38. The van der Waals surface area contributed by atoms with Crippen LogP contribution in [-0.2, 0) is 13.6 Å². The van der Waals surface area contributed by atoms with E-state index in [0.29, 0.717) is 5.92 Å². The molecule has 0 aliphatic carbocycles. The molecule has 0 saturated carbocycles. The van der Waals surface area contributed by atoms with E-state index in [4.69, 9.17) is 23.4 Å². The molecule has 78 valence electrons. The predicted octanol–water partition coefficient (Wildman–Crippen LogP) is 1.63. The first kappa shape index (κ1) is 13.4. The van der Waals surface area contributed by atoms with Gasteiger partial charge in [0, 0.05) is 17.1 Å². The summed E-state index contributed by atoms with van der Waals surface area (Å²) in [5.41, 5.74) is 0. The fraction of sp³-hybridized carbons (Fsp3) is 1.00. The second-order valence-corrected chi connectivity index (χ2v) is 4.46. The Balaban J connectivity index is 0.000000310. The van der Waals surface area contributed by atoms with E-state index in [2.05, 4.69) is 6.92 Å². The Labute approximate surface area is 79.9 Å². The van der Waals surface area contributed by atoms with Crippen LogP contribution in [-0.4, -0.2) is 29.7 Å². The summed E-state index contributed by atoms with van der Waals surface area (Å²) >= 11 is 0. The van der Waals surface area contributed by atoms with Crippen LogP contribution < -0.4 is 0 Å². The second-order valence-electron chi connectivity index (χ2n) is 2.56. The van der Waals surface area contributed by atoms with Crippen LogP contribution in [0.4, 0.5) is 0 Å². The highest BCUT2D eigenvalue weighted by atomic mass is 31.2. The first-order valence-electron chi connectivity index (χ1n) is 3.90. The molecule has 1 aliphatic heterocycles. The van der Waals surface area contributed by atoms with E-state index in [1.165, 1.54) is 6.42 Å². The average molecular weight is 229 g/mol. The molecule has 0 atom stereocenters. The summed E-state index contributed by atoms with van der Waals surface area (Å²) in [6.07, 6.45) is 1.17. The normalized spacial score (nSPS) is 27.4. The molecule has 0 amide bonds. The molecule has 0 radical (unpaired) electrons. The zero-order valence-electron chi connectivity index (χ0n) is 7.71. The molecule has 0 aromatic carbocycles. The lowest BCUT2D eigenvalue weighted by Crippen LogP contribution is -2.18. The summed E-state index contributed by atoms with van der Waals surface area (Å²) in [4.78, 5) is 14.2. The van der Waals surface area contributed by atoms with Crippen LogP contribution in [0.15, 0.2) is 0 Å². The molecule has 1 rings (SSSR count). The Morgan fingerprint density at radius 3 is 2.15 bits per heavy atom. The quantitative estimate of drug-likeness (QED) is 0.668. The van der Waals surface area contributed by atoms with Crippen LogP contribution in [0.1, 0.15) is 13.3 Å². The number of hydrogen-bond donors (Lipinski definition) is 2. The fourth-order valence-electron chi connectivity index (χ4n) is 0.742. The largest absolute Gasteiger partial charge is 0.692 e. The average Bonchev–Trinajstić information content (AvgIpc) is 2.05. The van der Waals surface area contributed by atoms with Crippen molar-refractivity contribution in [2.45, 2.75) is 13.3 Å². The topological polar surface area (TPSA) is 76.0 Å². The molecule has 7 heteroatoms. The molecule has 0 aromatic rings. The number of rotatable bonds is 1. The maximum atomic E-state index is 8.70. The van der Waals surface area contributed by atoms with Crippen LogP contribution in [0.25, 0.3) is 0 Å². The Hall–Kier alpha value is 0.370. The summed E-state index contributed by atoms with van der Waals surface area (Å²) in [6.45, 7) is 5.97. The van der Waals surface area contributed by atoms with Gasteiger partial charge in [-0.1, -0.05) is 6.92 Å². The molecule has 0 bridgehead atoms. The maximum absolute atomic E-state index is 8.70. The Morgan fingerprint density at radius 2 is 1.85 bits per heavy atom. The van der Waals surface area contributed by atoms with E-state index in [0.717, 1.165) is 13.2 Å². The van der Waals surface area contributed by atoms with Gasteiger partial charge in [-0.15, -0.1) is 9.79 Å². The van der Waals surface area contributed by atoms with Gasteiger partial charge in [0.2, 0.25) is 0 Å². The minimum absolute atomic E-state index is 0.524. The molecule has 2 N–H and O–H groups in total. The molecule has 1 aliphatic rings. The molecule has 5 nitrogen and oxygen atoms in total. The van der Waals surface area contributed by atoms with Gasteiger partial charge in [0.05, 0.1) is 13.2 Å². The third-order valence-corrected chi connectivity index (χ3v) is 2.59. The van der Waals surface area contributed by atoms with E-state index in [9.17, 15) is 0 Å². The third-order valence-electron chi connectivity index (χ3n) is 1.56. The van der Waals surface area contributed by atoms with Crippen LogP contribution in [0.5, 0.6) is 0 Å². The van der Waals surface area contributed by atoms with Crippen molar-refractivity contribution >= 4 is 16.6 Å². The summed E-state index contributed by atoms with van der Waals surface area (Å²) < 4.78 is 19.4. The molecular formula is C6H15O5P2+. The highest BCUT2D eigenvalue weighted by Gasteiger charge is 2.17. The Bertz CT molecular complexity index is 142. The minimum Gasteiger partial charge on any atom is -0.334 e. The molecule has 0 spiro atoms. The lowest BCUT2D eigenvalue weighted by molar-refractivity contribution is 0.120. The molecule has 0 aromatic heterocycles. The van der Waals surface area contributed by atoms with Gasteiger partial charge in [-0.05, 0) is 6.42 Å². The van der Waals surface area contributed by atoms with Crippen LogP contribution >= 0.6 is 16.6 Å². The van der Waals surface area contributed by atoms with E-state index in [-0.39, 0.29) is 0 Å². The lowest BCUT2D eigenvalue weighted by atomic mass is 10.1. The van der Waals surface area contributed by atoms with Crippen LogP contribution in [0, 0.1) is 5.92 Å². The van der Waals surface area contributed by atoms with E-state index < -0.39 is 16.6 Å². The molecular weight excluding hydrogens is 214 g/mol. The van der Waals surface area contributed by atoms with Crippen molar-refractivity contribution in [3.8, 4) is 0 Å². The van der Waals surface area contributed by atoms with E-state index >= 15 is 0 Å². The SMILES string of the molecule is CCC1COP(C)OC1.O=[P+](O)O. The van der Waals surface area contributed by atoms with Gasteiger partial charge in [-0.2, -0.15) is 0 Å². The van der Waals surface area contributed by atoms with Crippen molar-refractivity contribution in [1.82, 2.24) is 0 Å². The summed E-state index contributed by atoms with van der Waals surface area (Å²) in [7, 11) is -3.39. The molecule has 13 heavy (non-hydrogen) atoms. The predicted molar refractivity (Wildman–Crippen MR) is 50.6 cm³/mol. The number of hydrogen-bond acceptors (Lipinski definition) is 3. The monoisotopic (exact) mass is 229 g/mol. The molecule has 0 unspecified atom stereocenters. The Morgan fingerprint density at radius 1 is 1.46 bits per heavy atom. The Kier molecular flexibility index (Phi) is 7.96. The van der Waals surface area contributed by atoms with E-state index in [1.54, 1.807) is 0 Å². The molecule has 1 saturated heterocycles. The summed E-state index contributed by atoms with van der Waals surface area (Å²) in [6, 6.07) is 0. The molecule has 1 heterocycles. The van der Waals surface area contributed by atoms with Gasteiger partial charge in [0.1, 0.15) is 0 Å². The second kappa shape index (κ2) is 7.74. The van der Waals surface area contributed by atoms with E-state index in [1.807, 2.05) is 6.66 Å². The third kappa shape index (κ3) is 8.69. The molecule has 1 fully saturated rings. The first-order chi connectivity index (χ1) is 6.06. The van der Waals surface area contributed by atoms with Crippen molar-refractivity contribution in [2.24, 2.45) is 5.92 Å². The fourth-order valence-corrected chi connectivity index (χ4v) is 1.66. The van der Waals surface area contributed by atoms with Crippen LogP contribution in [0.3, 0.4) is 0 Å². The van der Waals surface area contributed by atoms with Gasteiger partial charge in [-0.25, -0.2) is 0 Å². The highest BCUT2D eigenvalue weighted by molar-refractivity contribution is 7.46. The zero-order valence-corrected chi connectivity index (χ0v) is 9.50. The van der Waals surface area contributed by atoms with Gasteiger partial charge < -0.3 is 9.05 Å². The standard InChI is InChI=1S/C6H13O2P.HO3P/c1-3-6-4-7-9(2)8-5-6;1-4(2)3/h6H,3-5H2,1-2H3;(H-,1,2,3)/p+1. The van der Waals surface area contributed by atoms with Crippen molar-refractivity contribution in [3.63, 3.8) is 0 Å². The summed E-state index contributed by atoms with van der Waals surface area (Å²) in [5, 5.41) is 0. The van der Waals surface area contributed by atoms with Gasteiger partial charge >= 0.3 is 8.25 Å². The zero-order chi connectivity index (χ0) is 10.3. The van der Waals surface area contributed by atoms with Crippen molar-refractivity contribution in [3.05, 3.63) is 0 Å². The maximum Gasteiger partial charge on any atom is 0.692 e. The van der Waals surface area contributed by atoms with Gasteiger partial charge in [-0.3, -0.25) is 0 Å². The van der Waals surface area contributed by atoms with Gasteiger partial charge in [0.15, 0.2) is 8.38 Å². The van der Waals surface area contributed by atoms with Crippen molar-refractivity contribution in [2.75, 3.05) is 19.9 Å². The van der Waals surface area contributed by atoms with Crippen molar-refractivity contribution in [1.29, 1.82) is 0 Å². The first-order valence-corrected chi connectivity index (χ1v) is 6.69. The lowest BCUT2D eigenvalue weighted by Gasteiger charge is -2.25. The van der Waals surface area contributed by atoms with Gasteiger partial charge in [0.25, 0.3) is 0 Å².